The Hall–Kier alpha value is -2.01. The Balaban J connectivity index is 1.90. The molecule has 2 nitrogen and oxygen atoms in total. The quantitative estimate of drug-likeness (QED) is 0.873. The van der Waals surface area contributed by atoms with Gasteiger partial charge >= 0.3 is 0 Å². The fourth-order valence-corrected chi connectivity index (χ4v) is 2.12. The molecule has 110 valence electrons. The summed E-state index contributed by atoms with van der Waals surface area (Å²) < 4.78 is 45.7. The number of hydrogen-bond acceptors (Lipinski definition) is 2. The molecule has 3 rings (SSSR count). The third-order valence-corrected chi connectivity index (χ3v) is 3.44. The molecule has 0 aromatic heterocycles. The summed E-state index contributed by atoms with van der Waals surface area (Å²) in [4.78, 5) is 0. The molecule has 0 radical (unpaired) electrons. The third kappa shape index (κ3) is 2.88. The van der Waals surface area contributed by atoms with Crippen molar-refractivity contribution < 1.29 is 17.9 Å². The molecule has 1 aliphatic rings. The van der Waals surface area contributed by atoms with Crippen molar-refractivity contribution in [2.45, 2.75) is 25.0 Å². The van der Waals surface area contributed by atoms with E-state index in [2.05, 4.69) is 0 Å². The Morgan fingerprint density at radius 2 is 1.81 bits per heavy atom. The smallest absolute Gasteiger partial charge is 0.194 e. The van der Waals surface area contributed by atoms with Crippen LogP contribution in [0.2, 0.25) is 0 Å². The lowest BCUT2D eigenvalue weighted by atomic mass is 9.98. The molecular weight excluding hydrogens is 279 g/mol. The molecule has 0 spiro atoms. The van der Waals surface area contributed by atoms with Crippen LogP contribution in [-0.2, 0) is 0 Å². The summed E-state index contributed by atoms with van der Waals surface area (Å²) >= 11 is 0. The highest BCUT2D eigenvalue weighted by Crippen LogP contribution is 2.30. The maximum absolute atomic E-state index is 13.8. The van der Waals surface area contributed by atoms with Crippen LogP contribution in [0.15, 0.2) is 36.4 Å². The third-order valence-electron chi connectivity index (χ3n) is 3.44. The van der Waals surface area contributed by atoms with Crippen LogP contribution in [0, 0.1) is 17.5 Å². The molecule has 21 heavy (non-hydrogen) atoms. The summed E-state index contributed by atoms with van der Waals surface area (Å²) in [6.45, 7) is 0. The van der Waals surface area contributed by atoms with Gasteiger partial charge in [-0.1, -0.05) is 18.2 Å². The molecule has 1 aliphatic carbocycles. The van der Waals surface area contributed by atoms with Crippen LogP contribution >= 0.6 is 0 Å². The zero-order chi connectivity index (χ0) is 15.0. The zero-order valence-corrected chi connectivity index (χ0v) is 11.2. The minimum absolute atomic E-state index is 0.0857. The average Bonchev–Trinajstić information content (AvgIpc) is 3.29. The van der Waals surface area contributed by atoms with Gasteiger partial charge in [0.25, 0.3) is 0 Å². The Morgan fingerprint density at radius 3 is 2.52 bits per heavy atom. The molecule has 0 aliphatic heterocycles. The number of halogens is 3. The average molecular weight is 293 g/mol. The molecular formula is C16H14F3NO. The topological polar surface area (TPSA) is 35.2 Å². The fourth-order valence-electron chi connectivity index (χ4n) is 2.12. The molecule has 0 bridgehead atoms. The Labute approximate surface area is 120 Å². The predicted molar refractivity (Wildman–Crippen MR) is 72.4 cm³/mol. The highest BCUT2D eigenvalue weighted by Gasteiger charge is 2.24. The maximum Gasteiger partial charge on any atom is 0.194 e. The summed E-state index contributed by atoms with van der Waals surface area (Å²) in [5, 5.41) is 0. The van der Waals surface area contributed by atoms with Crippen molar-refractivity contribution in [3.63, 3.8) is 0 Å². The molecule has 1 saturated carbocycles. The van der Waals surface area contributed by atoms with Gasteiger partial charge in [-0.05, 0) is 36.6 Å². The van der Waals surface area contributed by atoms with Crippen molar-refractivity contribution in [1.82, 2.24) is 0 Å². The summed E-state index contributed by atoms with van der Waals surface area (Å²) in [6.07, 6.45) is 2.28. The van der Waals surface area contributed by atoms with E-state index in [4.69, 9.17) is 10.5 Å². The molecule has 0 saturated heterocycles. The lowest BCUT2D eigenvalue weighted by molar-refractivity contribution is 0.303. The lowest BCUT2D eigenvalue weighted by Crippen LogP contribution is -2.15. The van der Waals surface area contributed by atoms with Crippen molar-refractivity contribution in [2.75, 3.05) is 0 Å². The number of nitrogens with two attached hydrogens (primary N) is 1. The van der Waals surface area contributed by atoms with E-state index in [1.54, 1.807) is 24.3 Å². The van der Waals surface area contributed by atoms with Crippen LogP contribution in [0.5, 0.6) is 5.75 Å². The van der Waals surface area contributed by atoms with Gasteiger partial charge in [-0.3, -0.25) is 0 Å². The summed E-state index contributed by atoms with van der Waals surface area (Å²) in [5.74, 6) is -3.34. The van der Waals surface area contributed by atoms with Gasteiger partial charge in [-0.2, -0.15) is 0 Å². The van der Waals surface area contributed by atoms with E-state index in [-0.39, 0.29) is 11.7 Å². The minimum Gasteiger partial charge on any atom is -0.490 e. The molecule has 2 N–H and O–H groups in total. The molecule has 0 amide bonds. The van der Waals surface area contributed by atoms with E-state index < -0.39 is 23.5 Å². The second-order valence-electron chi connectivity index (χ2n) is 5.13. The van der Waals surface area contributed by atoms with Crippen LogP contribution in [0.1, 0.15) is 30.0 Å². The number of rotatable bonds is 4. The van der Waals surface area contributed by atoms with Crippen LogP contribution in [0.4, 0.5) is 13.2 Å². The van der Waals surface area contributed by atoms with E-state index in [1.807, 2.05) is 0 Å². The van der Waals surface area contributed by atoms with Gasteiger partial charge in [0.05, 0.1) is 12.1 Å². The minimum atomic E-state index is -1.51. The summed E-state index contributed by atoms with van der Waals surface area (Å²) in [6, 6.07) is 8.07. The molecule has 1 fully saturated rings. The van der Waals surface area contributed by atoms with Gasteiger partial charge in [0.1, 0.15) is 5.75 Å². The standard InChI is InChI=1S/C16H14F3NO/c17-13-7-6-12(14(18)15(13)19)16(20)9-2-1-3-11(8-9)21-10-4-5-10/h1-3,6-8,10,16H,4-5,20H2. The first kappa shape index (κ1) is 13.9. The highest BCUT2D eigenvalue weighted by molar-refractivity contribution is 5.37. The van der Waals surface area contributed by atoms with Crippen molar-refractivity contribution in [3.05, 3.63) is 65.0 Å². The largest absolute Gasteiger partial charge is 0.490 e. The van der Waals surface area contributed by atoms with Crippen molar-refractivity contribution >= 4 is 0 Å². The van der Waals surface area contributed by atoms with Crippen LogP contribution in [-0.4, -0.2) is 6.10 Å². The molecule has 2 aromatic carbocycles. The maximum atomic E-state index is 13.8. The highest BCUT2D eigenvalue weighted by atomic mass is 19.2. The Morgan fingerprint density at radius 1 is 1.05 bits per heavy atom. The van der Waals surface area contributed by atoms with Crippen molar-refractivity contribution in [2.24, 2.45) is 5.73 Å². The number of ether oxygens (including phenoxy) is 1. The lowest BCUT2D eigenvalue weighted by Gasteiger charge is -2.15. The van der Waals surface area contributed by atoms with Gasteiger partial charge in [0.2, 0.25) is 0 Å². The number of hydrogen-bond donors (Lipinski definition) is 1. The predicted octanol–water partition coefficient (Wildman–Crippen LogP) is 3.69. The first-order chi connectivity index (χ1) is 10.1. The SMILES string of the molecule is NC(c1cccc(OC2CC2)c1)c1ccc(F)c(F)c1F. The molecule has 2 aromatic rings. The van der Waals surface area contributed by atoms with Gasteiger partial charge in [-0.15, -0.1) is 0 Å². The van der Waals surface area contributed by atoms with Crippen LogP contribution in [0.3, 0.4) is 0 Å². The van der Waals surface area contributed by atoms with Crippen LogP contribution < -0.4 is 10.5 Å². The second kappa shape index (κ2) is 5.41. The van der Waals surface area contributed by atoms with Gasteiger partial charge in [-0.25, -0.2) is 13.2 Å². The fraction of sp³-hybridized carbons (Fsp3) is 0.250. The van der Waals surface area contributed by atoms with Crippen LogP contribution in [0.25, 0.3) is 0 Å². The van der Waals surface area contributed by atoms with Gasteiger partial charge in [0, 0.05) is 5.56 Å². The summed E-state index contributed by atoms with van der Waals surface area (Å²) in [7, 11) is 0. The molecule has 1 unspecified atom stereocenters. The monoisotopic (exact) mass is 293 g/mol. The van der Waals surface area contributed by atoms with Gasteiger partial charge < -0.3 is 10.5 Å². The molecule has 0 heterocycles. The van der Waals surface area contributed by atoms with E-state index in [1.165, 1.54) is 0 Å². The van der Waals surface area contributed by atoms with Gasteiger partial charge in [0.15, 0.2) is 17.5 Å². The first-order valence-corrected chi connectivity index (χ1v) is 6.72. The number of benzene rings is 2. The second-order valence-corrected chi connectivity index (χ2v) is 5.13. The van der Waals surface area contributed by atoms with E-state index in [0.29, 0.717) is 11.3 Å². The molecule has 5 heteroatoms. The van der Waals surface area contributed by atoms with E-state index >= 15 is 0 Å². The van der Waals surface area contributed by atoms with Crippen molar-refractivity contribution in [1.29, 1.82) is 0 Å². The molecule has 1 atom stereocenters. The van der Waals surface area contributed by atoms with E-state index in [0.717, 1.165) is 25.0 Å². The van der Waals surface area contributed by atoms with E-state index in [9.17, 15) is 13.2 Å². The zero-order valence-electron chi connectivity index (χ0n) is 11.2. The Kier molecular flexibility index (Phi) is 3.59. The first-order valence-electron chi connectivity index (χ1n) is 6.72. The summed E-state index contributed by atoms with van der Waals surface area (Å²) in [5.41, 5.74) is 6.46. The van der Waals surface area contributed by atoms with Crippen molar-refractivity contribution in [3.8, 4) is 5.75 Å². The normalized spacial score (nSPS) is 15.8. The Bertz CT molecular complexity index is 671.